The number of phenolic OH excluding ortho intramolecular Hbond substituents is 1. The SMILES string of the molecule is Oc1ccccc1CN1CCC(Nc2ncnc3sc(CC(F)(F)F)cc23)CC1. The number of likely N-dealkylation sites (tertiary alicyclic amines) is 1. The van der Waals surface area contributed by atoms with Crippen LogP contribution in [0.4, 0.5) is 19.0 Å². The van der Waals surface area contributed by atoms with Gasteiger partial charge in [0, 0.05) is 36.1 Å². The van der Waals surface area contributed by atoms with Gasteiger partial charge in [0.15, 0.2) is 0 Å². The molecular formula is C20H21F3N4OS. The van der Waals surface area contributed by atoms with E-state index >= 15 is 0 Å². The van der Waals surface area contributed by atoms with E-state index in [-0.39, 0.29) is 10.9 Å². The van der Waals surface area contributed by atoms with Crippen molar-refractivity contribution in [3.63, 3.8) is 0 Å². The molecule has 1 fully saturated rings. The molecule has 0 unspecified atom stereocenters. The van der Waals surface area contributed by atoms with Gasteiger partial charge in [0.1, 0.15) is 22.7 Å². The molecule has 4 rings (SSSR count). The Hall–Kier alpha value is -2.39. The van der Waals surface area contributed by atoms with Crippen LogP contribution >= 0.6 is 11.3 Å². The number of rotatable bonds is 5. The van der Waals surface area contributed by atoms with Crippen molar-refractivity contribution < 1.29 is 18.3 Å². The van der Waals surface area contributed by atoms with Crippen molar-refractivity contribution in [3.05, 3.63) is 47.1 Å². The van der Waals surface area contributed by atoms with Crippen LogP contribution in [0.1, 0.15) is 23.3 Å². The summed E-state index contributed by atoms with van der Waals surface area (Å²) in [6.45, 7) is 2.43. The average Bonchev–Trinajstić information content (AvgIpc) is 3.07. The number of piperidine rings is 1. The predicted octanol–water partition coefficient (Wildman–Crippen LogP) is 4.58. The van der Waals surface area contributed by atoms with Gasteiger partial charge >= 0.3 is 6.18 Å². The summed E-state index contributed by atoms with van der Waals surface area (Å²) in [5.41, 5.74) is 0.909. The summed E-state index contributed by atoms with van der Waals surface area (Å²) in [6.07, 6.45) is -2.01. The zero-order chi connectivity index (χ0) is 20.4. The lowest BCUT2D eigenvalue weighted by atomic mass is 10.0. The Morgan fingerprint density at radius 3 is 2.66 bits per heavy atom. The van der Waals surface area contributed by atoms with Crippen molar-refractivity contribution in [2.75, 3.05) is 18.4 Å². The van der Waals surface area contributed by atoms with Gasteiger partial charge < -0.3 is 10.4 Å². The molecule has 1 aliphatic heterocycles. The Labute approximate surface area is 170 Å². The quantitative estimate of drug-likeness (QED) is 0.630. The zero-order valence-corrected chi connectivity index (χ0v) is 16.4. The summed E-state index contributed by atoms with van der Waals surface area (Å²) in [5, 5.41) is 14.0. The van der Waals surface area contributed by atoms with Crippen LogP contribution in [0, 0.1) is 0 Å². The van der Waals surface area contributed by atoms with E-state index in [2.05, 4.69) is 20.2 Å². The molecule has 0 radical (unpaired) electrons. The first-order valence-electron chi connectivity index (χ1n) is 9.43. The fourth-order valence-electron chi connectivity index (χ4n) is 3.62. The number of fused-ring (bicyclic) bond motifs is 1. The molecule has 3 aromatic rings. The van der Waals surface area contributed by atoms with Gasteiger partial charge in [-0.15, -0.1) is 11.3 Å². The Morgan fingerprint density at radius 2 is 1.93 bits per heavy atom. The number of alkyl halides is 3. The Bertz CT molecular complexity index is 983. The maximum atomic E-state index is 12.7. The first-order valence-corrected chi connectivity index (χ1v) is 10.2. The first kappa shape index (κ1) is 19.9. The predicted molar refractivity (Wildman–Crippen MR) is 107 cm³/mol. The van der Waals surface area contributed by atoms with Gasteiger partial charge in [-0.1, -0.05) is 18.2 Å². The third kappa shape index (κ3) is 4.97. The molecule has 1 aliphatic rings. The number of hydrogen-bond donors (Lipinski definition) is 2. The highest BCUT2D eigenvalue weighted by Crippen LogP contribution is 2.33. The van der Waals surface area contributed by atoms with E-state index in [1.807, 2.05) is 18.2 Å². The van der Waals surface area contributed by atoms with Crippen molar-refractivity contribution >= 4 is 27.4 Å². The van der Waals surface area contributed by atoms with E-state index in [0.29, 0.717) is 28.3 Å². The Morgan fingerprint density at radius 1 is 1.17 bits per heavy atom. The number of nitrogens with one attached hydrogen (secondary N) is 1. The van der Waals surface area contributed by atoms with Crippen LogP contribution in [0.5, 0.6) is 5.75 Å². The van der Waals surface area contributed by atoms with Crippen LogP contribution in [-0.4, -0.2) is 45.3 Å². The monoisotopic (exact) mass is 422 g/mol. The van der Waals surface area contributed by atoms with Crippen molar-refractivity contribution in [3.8, 4) is 5.75 Å². The molecule has 2 N–H and O–H groups in total. The van der Waals surface area contributed by atoms with Gasteiger partial charge in [-0.3, -0.25) is 4.90 Å². The molecule has 3 heterocycles. The third-order valence-electron chi connectivity index (χ3n) is 5.07. The number of benzene rings is 1. The van der Waals surface area contributed by atoms with E-state index in [4.69, 9.17) is 0 Å². The summed E-state index contributed by atoms with van der Waals surface area (Å²) < 4.78 is 38.1. The molecule has 2 aromatic heterocycles. The topological polar surface area (TPSA) is 61.3 Å². The molecule has 0 atom stereocenters. The molecular weight excluding hydrogens is 401 g/mol. The van der Waals surface area contributed by atoms with E-state index in [1.54, 1.807) is 12.1 Å². The molecule has 154 valence electrons. The number of anilines is 1. The number of aromatic hydroxyl groups is 1. The Balaban J connectivity index is 1.39. The molecule has 1 aromatic carbocycles. The highest BCUT2D eigenvalue weighted by Gasteiger charge is 2.29. The van der Waals surface area contributed by atoms with Crippen LogP contribution in [0.3, 0.4) is 0 Å². The second-order valence-electron chi connectivity index (χ2n) is 7.27. The summed E-state index contributed by atoms with van der Waals surface area (Å²) in [6, 6.07) is 9.08. The van der Waals surface area contributed by atoms with Gasteiger partial charge in [0.2, 0.25) is 0 Å². The highest BCUT2D eigenvalue weighted by molar-refractivity contribution is 7.18. The second kappa shape index (κ2) is 8.16. The molecule has 0 saturated carbocycles. The van der Waals surface area contributed by atoms with Crippen LogP contribution in [0.25, 0.3) is 10.2 Å². The minimum absolute atomic E-state index is 0.194. The summed E-state index contributed by atoms with van der Waals surface area (Å²) in [4.78, 5) is 11.5. The normalized spacial score (nSPS) is 16.4. The van der Waals surface area contributed by atoms with E-state index in [1.165, 1.54) is 6.33 Å². The molecule has 0 aliphatic carbocycles. The summed E-state index contributed by atoms with van der Waals surface area (Å²) >= 11 is 1.06. The van der Waals surface area contributed by atoms with Crippen molar-refractivity contribution in [2.24, 2.45) is 0 Å². The van der Waals surface area contributed by atoms with Crippen LogP contribution in [-0.2, 0) is 13.0 Å². The molecule has 29 heavy (non-hydrogen) atoms. The minimum Gasteiger partial charge on any atom is -0.508 e. The number of phenols is 1. The second-order valence-corrected chi connectivity index (χ2v) is 8.38. The molecule has 0 bridgehead atoms. The number of para-hydroxylation sites is 1. The van der Waals surface area contributed by atoms with E-state index in [9.17, 15) is 18.3 Å². The van der Waals surface area contributed by atoms with Gasteiger partial charge in [0.25, 0.3) is 0 Å². The molecule has 0 spiro atoms. The zero-order valence-electron chi connectivity index (χ0n) is 15.6. The maximum Gasteiger partial charge on any atom is 0.393 e. The largest absolute Gasteiger partial charge is 0.508 e. The standard InChI is InChI=1S/C20H21F3N4OS/c21-20(22,23)10-15-9-16-18(24-12-25-19(16)29-15)26-14-5-7-27(8-6-14)11-13-3-1-2-4-17(13)28/h1-4,9,12,14,28H,5-8,10-11H2,(H,24,25,26). The van der Waals surface area contributed by atoms with E-state index < -0.39 is 12.6 Å². The van der Waals surface area contributed by atoms with Crippen molar-refractivity contribution in [1.82, 2.24) is 14.9 Å². The fourth-order valence-corrected chi connectivity index (χ4v) is 4.65. The van der Waals surface area contributed by atoms with Crippen molar-refractivity contribution in [1.29, 1.82) is 0 Å². The van der Waals surface area contributed by atoms with Crippen LogP contribution in [0.2, 0.25) is 0 Å². The summed E-state index contributed by atoms with van der Waals surface area (Å²) in [5.74, 6) is 0.905. The highest BCUT2D eigenvalue weighted by atomic mass is 32.1. The number of thiophene rings is 1. The maximum absolute atomic E-state index is 12.7. The fraction of sp³-hybridized carbons (Fsp3) is 0.400. The molecule has 0 amide bonds. The minimum atomic E-state index is -4.23. The van der Waals surface area contributed by atoms with Gasteiger partial charge in [-0.05, 0) is 25.0 Å². The van der Waals surface area contributed by atoms with Crippen LogP contribution in [0.15, 0.2) is 36.7 Å². The van der Waals surface area contributed by atoms with Crippen molar-refractivity contribution in [2.45, 2.75) is 38.0 Å². The molecule has 1 saturated heterocycles. The first-order chi connectivity index (χ1) is 13.9. The number of hydrogen-bond acceptors (Lipinski definition) is 6. The van der Waals surface area contributed by atoms with Gasteiger partial charge in [-0.2, -0.15) is 13.2 Å². The number of halogens is 3. The van der Waals surface area contributed by atoms with E-state index in [0.717, 1.165) is 42.8 Å². The Kier molecular flexibility index (Phi) is 5.60. The molecule has 9 heteroatoms. The number of nitrogens with zero attached hydrogens (tertiary/aromatic N) is 3. The third-order valence-corrected chi connectivity index (χ3v) is 6.11. The summed E-state index contributed by atoms with van der Waals surface area (Å²) in [7, 11) is 0. The van der Waals surface area contributed by atoms with Gasteiger partial charge in [0.05, 0.1) is 11.8 Å². The number of aromatic nitrogens is 2. The van der Waals surface area contributed by atoms with Gasteiger partial charge in [-0.25, -0.2) is 9.97 Å². The smallest absolute Gasteiger partial charge is 0.393 e. The lowest BCUT2D eigenvalue weighted by Crippen LogP contribution is -2.38. The lowest BCUT2D eigenvalue weighted by molar-refractivity contribution is -0.126. The molecule has 5 nitrogen and oxygen atoms in total. The average molecular weight is 422 g/mol. The van der Waals surface area contributed by atoms with Crippen LogP contribution < -0.4 is 5.32 Å². The lowest BCUT2D eigenvalue weighted by Gasteiger charge is -2.32.